The van der Waals surface area contributed by atoms with E-state index in [-0.39, 0.29) is 0 Å². The molecule has 1 heterocycles. The van der Waals surface area contributed by atoms with E-state index in [1.807, 2.05) is 11.8 Å². The van der Waals surface area contributed by atoms with Crippen LogP contribution in [-0.2, 0) is 12.8 Å². The van der Waals surface area contributed by atoms with Gasteiger partial charge in [0.15, 0.2) is 0 Å². The normalized spacial score (nSPS) is 11.2. The largest absolute Gasteiger partial charge is 0.315 e. The van der Waals surface area contributed by atoms with Gasteiger partial charge in [-0.3, -0.25) is 0 Å². The first-order chi connectivity index (χ1) is 7.72. The summed E-state index contributed by atoms with van der Waals surface area (Å²) in [5.74, 6) is 1.14. The zero-order valence-electron chi connectivity index (χ0n) is 10.3. The molecule has 3 nitrogen and oxygen atoms in total. The molecule has 0 unspecified atom stereocenters. The minimum Gasteiger partial charge on any atom is -0.315 e. The van der Waals surface area contributed by atoms with E-state index in [2.05, 4.69) is 35.6 Å². The number of aryl methyl sites for hydroxylation is 2. The third-order valence-electron chi connectivity index (χ3n) is 2.15. The summed E-state index contributed by atoms with van der Waals surface area (Å²) in [6.07, 6.45) is 5.38. The summed E-state index contributed by atoms with van der Waals surface area (Å²) in [6, 6.07) is 0.576. The minimum absolute atomic E-state index is 0.576. The minimum atomic E-state index is 0.576. The summed E-state index contributed by atoms with van der Waals surface area (Å²) in [4.78, 5) is 0. The van der Waals surface area contributed by atoms with Crippen LogP contribution in [0.3, 0.4) is 0 Å². The second-order valence-electron chi connectivity index (χ2n) is 4.04. The Balaban J connectivity index is 2.19. The summed E-state index contributed by atoms with van der Waals surface area (Å²) in [5.41, 5.74) is 0. The average molecular weight is 259 g/mol. The molecule has 1 rings (SSSR count). The van der Waals surface area contributed by atoms with Gasteiger partial charge in [-0.05, 0) is 25.0 Å². The smallest absolute Gasteiger partial charge is 0.118 e. The highest BCUT2D eigenvalue weighted by Crippen LogP contribution is 2.13. The summed E-state index contributed by atoms with van der Waals surface area (Å²) in [7, 11) is 0. The molecular weight excluding hydrogens is 238 g/mol. The van der Waals surface area contributed by atoms with Crippen molar-refractivity contribution in [3.8, 4) is 0 Å². The molecule has 92 valence electrons. The number of hydrogen-bond donors (Lipinski definition) is 1. The molecule has 16 heavy (non-hydrogen) atoms. The molecule has 0 amide bonds. The number of nitrogens with one attached hydrogen (secondary N) is 1. The molecule has 1 aromatic heterocycles. The van der Waals surface area contributed by atoms with E-state index in [1.165, 1.54) is 10.0 Å². The van der Waals surface area contributed by atoms with E-state index < -0.39 is 0 Å². The van der Waals surface area contributed by atoms with E-state index >= 15 is 0 Å². The van der Waals surface area contributed by atoms with Crippen molar-refractivity contribution < 1.29 is 0 Å². The van der Waals surface area contributed by atoms with Gasteiger partial charge in [-0.25, -0.2) is 0 Å². The second kappa shape index (κ2) is 8.03. The molecular formula is C11H21N3S2. The number of aromatic nitrogens is 2. The fraction of sp³-hybridized carbons (Fsp3) is 0.818. The molecule has 5 heteroatoms. The van der Waals surface area contributed by atoms with Crippen LogP contribution in [0.4, 0.5) is 0 Å². The molecule has 0 fully saturated rings. The monoisotopic (exact) mass is 259 g/mol. The molecule has 0 saturated carbocycles. The quantitative estimate of drug-likeness (QED) is 0.727. The van der Waals surface area contributed by atoms with E-state index in [1.54, 1.807) is 11.3 Å². The number of rotatable bonds is 8. The van der Waals surface area contributed by atoms with Gasteiger partial charge in [-0.15, -0.1) is 21.5 Å². The van der Waals surface area contributed by atoms with Crippen LogP contribution < -0.4 is 5.32 Å². The Kier molecular flexibility index (Phi) is 7.00. The molecule has 0 aliphatic heterocycles. The van der Waals surface area contributed by atoms with Gasteiger partial charge in [-0.2, -0.15) is 11.8 Å². The van der Waals surface area contributed by atoms with Crippen LogP contribution in [0.15, 0.2) is 0 Å². The molecule has 0 aromatic carbocycles. The number of hydrogen-bond acceptors (Lipinski definition) is 5. The van der Waals surface area contributed by atoms with Crippen molar-refractivity contribution in [2.45, 2.75) is 39.2 Å². The van der Waals surface area contributed by atoms with Gasteiger partial charge >= 0.3 is 0 Å². The summed E-state index contributed by atoms with van der Waals surface area (Å²) in [5, 5.41) is 14.2. The van der Waals surface area contributed by atoms with Gasteiger partial charge in [0.1, 0.15) is 10.0 Å². The van der Waals surface area contributed by atoms with E-state index in [9.17, 15) is 0 Å². The highest BCUT2D eigenvalue weighted by molar-refractivity contribution is 7.98. The van der Waals surface area contributed by atoms with E-state index in [0.717, 1.165) is 31.6 Å². The van der Waals surface area contributed by atoms with Crippen LogP contribution in [-0.4, -0.2) is 34.8 Å². The topological polar surface area (TPSA) is 37.8 Å². The van der Waals surface area contributed by atoms with Crippen molar-refractivity contribution in [1.29, 1.82) is 0 Å². The molecule has 0 aliphatic carbocycles. The molecule has 0 spiro atoms. The standard InChI is InChI=1S/C11H21N3S2/c1-9(2)12-7-4-5-10-13-14-11(16-10)6-8-15-3/h9,12H,4-8H2,1-3H3. The predicted octanol–water partition coefficient (Wildman–Crippen LogP) is 2.37. The third kappa shape index (κ3) is 5.82. The van der Waals surface area contributed by atoms with Crippen molar-refractivity contribution >= 4 is 23.1 Å². The van der Waals surface area contributed by atoms with Crippen LogP contribution in [0.2, 0.25) is 0 Å². The second-order valence-corrected chi connectivity index (χ2v) is 6.18. The maximum absolute atomic E-state index is 4.22. The highest BCUT2D eigenvalue weighted by Gasteiger charge is 2.03. The maximum Gasteiger partial charge on any atom is 0.118 e. The summed E-state index contributed by atoms with van der Waals surface area (Å²) < 4.78 is 0. The van der Waals surface area contributed by atoms with E-state index in [4.69, 9.17) is 0 Å². The summed E-state index contributed by atoms with van der Waals surface area (Å²) >= 11 is 3.63. The van der Waals surface area contributed by atoms with Crippen LogP contribution >= 0.6 is 23.1 Å². The Morgan fingerprint density at radius 3 is 2.56 bits per heavy atom. The molecule has 0 aliphatic rings. The first-order valence-corrected chi connectivity index (χ1v) is 7.97. The lowest BCUT2D eigenvalue weighted by atomic mass is 10.3. The van der Waals surface area contributed by atoms with E-state index in [0.29, 0.717) is 6.04 Å². The van der Waals surface area contributed by atoms with Gasteiger partial charge < -0.3 is 5.32 Å². The molecule has 0 atom stereocenters. The Bertz CT molecular complexity index is 287. The maximum atomic E-state index is 4.22. The van der Waals surface area contributed by atoms with Gasteiger partial charge in [0.25, 0.3) is 0 Å². The molecule has 1 N–H and O–H groups in total. The Morgan fingerprint density at radius 2 is 1.94 bits per heavy atom. The zero-order chi connectivity index (χ0) is 11.8. The van der Waals surface area contributed by atoms with Crippen molar-refractivity contribution in [3.63, 3.8) is 0 Å². The molecule has 1 aromatic rings. The van der Waals surface area contributed by atoms with Crippen LogP contribution in [0, 0.1) is 0 Å². The Morgan fingerprint density at radius 1 is 1.25 bits per heavy atom. The first kappa shape index (κ1) is 13.9. The van der Waals surface area contributed by atoms with Gasteiger partial charge in [0.05, 0.1) is 0 Å². The average Bonchev–Trinajstić information content (AvgIpc) is 2.69. The SMILES string of the molecule is CSCCc1nnc(CCCNC(C)C)s1. The fourth-order valence-corrected chi connectivity index (χ4v) is 2.72. The fourth-order valence-electron chi connectivity index (χ4n) is 1.31. The molecule has 0 radical (unpaired) electrons. The summed E-state index contributed by atoms with van der Waals surface area (Å²) in [6.45, 7) is 5.41. The van der Waals surface area contributed by atoms with Crippen molar-refractivity contribution in [2.75, 3.05) is 18.6 Å². The van der Waals surface area contributed by atoms with Crippen LogP contribution in [0.1, 0.15) is 30.3 Å². The number of nitrogens with zero attached hydrogens (tertiary/aromatic N) is 2. The van der Waals surface area contributed by atoms with Crippen molar-refractivity contribution in [2.24, 2.45) is 0 Å². The highest BCUT2D eigenvalue weighted by atomic mass is 32.2. The third-order valence-corrected chi connectivity index (χ3v) is 3.80. The Labute approximate surface area is 106 Å². The Hall–Kier alpha value is -0.130. The van der Waals surface area contributed by atoms with Crippen molar-refractivity contribution in [1.82, 2.24) is 15.5 Å². The zero-order valence-corrected chi connectivity index (χ0v) is 12.0. The van der Waals surface area contributed by atoms with Gasteiger partial charge in [0, 0.05) is 18.9 Å². The predicted molar refractivity (Wildman–Crippen MR) is 73.5 cm³/mol. The lowest BCUT2D eigenvalue weighted by molar-refractivity contribution is 0.569. The van der Waals surface area contributed by atoms with Crippen LogP contribution in [0.25, 0.3) is 0 Å². The molecule has 0 bridgehead atoms. The first-order valence-electron chi connectivity index (χ1n) is 5.76. The van der Waals surface area contributed by atoms with Gasteiger partial charge in [0.2, 0.25) is 0 Å². The van der Waals surface area contributed by atoms with Gasteiger partial charge in [-0.1, -0.05) is 13.8 Å². The lowest BCUT2D eigenvalue weighted by Gasteiger charge is -2.05. The molecule has 0 saturated heterocycles. The van der Waals surface area contributed by atoms with Crippen LogP contribution in [0.5, 0.6) is 0 Å². The van der Waals surface area contributed by atoms with Crippen molar-refractivity contribution in [3.05, 3.63) is 10.0 Å². The number of thioether (sulfide) groups is 1. The lowest BCUT2D eigenvalue weighted by Crippen LogP contribution is -2.23.